The lowest BCUT2D eigenvalue weighted by Gasteiger charge is -2.36. The molecule has 1 atom stereocenters. The molecule has 1 aromatic heterocycles. The molecule has 8 nitrogen and oxygen atoms in total. The fraction of sp³-hybridized carbons (Fsp3) is 0.423. The maximum Gasteiger partial charge on any atom is 0.239 e. The van der Waals surface area contributed by atoms with Gasteiger partial charge in [0.25, 0.3) is 0 Å². The number of rotatable bonds is 5. The summed E-state index contributed by atoms with van der Waals surface area (Å²) >= 11 is 0. The lowest BCUT2D eigenvalue weighted by Crippen LogP contribution is -2.52. The normalized spacial score (nSPS) is 17.8. The number of hydrogen-bond acceptors (Lipinski definition) is 7. The van der Waals surface area contributed by atoms with Gasteiger partial charge in [-0.15, -0.1) is 0 Å². The second-order valence-corrected chi connectivity index (χ2v) is 9.38. The lowest BCUT2D eigenvalue weighted by atomic mass is 9.94. The summed E-state index contributed by atoms with van der Waals surface area (Å²) in [7, 11) is 0. The monoisotopic (exact) mass is 460 g/mol. The highest BCUT2D eigenvalue weighted by Crippen LogP contribution is 2.41. The maximum absolute atomic E-state index is 12.1. The zero-order chi connectivity index (χ0) is 23.7. The Morgan fingerprint density at radius 3 is 2.47 bits per heavy atom. The van der Waals surface area contributed by atoms with Crippen LogP contribution in [0.4, 0.5) is 17.3 Å². The smallest absolute Gasteiger partial charge is 0.239 e. The largest absolute Gasteiger partial charge is 0.508 e. The highest BCUT2D eigenvalue weighted by atomic mass is 16.3. The van der Waals surface area contributed by atoms with Gasteiger partial charge in [-0.3, -0.25) is 4.79 Å². The van der Waals surface area contributed by atoms with Gasteiger partial charge in [-0.1, -0.05) is 12.8 Å². The third-order valence-electron chi connectivity index (χ3n) is 7.00. The molecule has 0 bridgehead atoms. The summed E-state index contributed by atoms with van der Waals surface area (Å²) in [5.74, 6) is 1.22. The molecule has 1 aliphatic carbocycles. The average Bonchev–Trinajstić information content (AvgIpc) is 3.38. The summed E-state index contributed by atoms with van der Waals surface area (Å²) in [6.45, 7) is 4.67. The molecule has 2 heterocycles. The molecule has 2 aromatic carbocycles. The highest BCUT2D eigenvalue weighted by Gasteiger charge is 2.24. The summed E-state index contributed by atoms with van der Waals surface area (Å²) in [5.41, 5.74) is 9.54. The van der Waals surface area contributed by atoms with Crippen LogP contribution < -0.4 is 16.0 Å². The predicted molar refractivity (Wildman–Crippen MR) is 135 cm³/mol. The second-order valence-electron chi connectivity index (χ2n) is 9.38. The number of phenolic OH excluding ortho intramolecular Hbond substituents is 1. The molecule has 1 amide bonds. The number of hydrogen-bond donors (Lipinski definition) is 3. The van der Waals surface area contributed by atoms with Gasteiger partial charge in [0, 0.05) is 54.7 Å². The van der Waals surface area contributed by atoms with Crippen molar-refractivity contribution in [1.82, 2.24) is 14.9 Å². The van der Waals surface area contributed by atoms with Gasteiger partial charge in [-0.2, -0.15) is 0 Å². The Morgan fingerprint density at radius 2 is 1.79 bits per heavy atom. The van der Waals surface area contributed by atoms with Crippen LogP contribution in [0.1, 0.15) is 44.1 Å². The minimum absolute atomic E-state index is 0.0130. The molecular weight excluding hydrogens is 428 g/mol. The fourth-order valence-corrected chi connectivity index (χ4v) is 5.14. The Morgan fingerprint density at radius 1 is 1.09 bits per heavy atom. The van der Waals surface area contributed by atoms with Crippen molar-refractivity contribution in [2.24, 2.45) is 5.73 Å². The molecule has 178 valence electrons. The number of benzene rings is 2. The molecule has 1 saturated carbocycles. The van der Waals surface area contributed by atoms with E-state index in [0.29, 0.717) is 30.7 Å². The van der Waals surface area contributed by atoms with Crippen LogP contribution in [0.25, 0.3) is 10.9 Å². The Hall–Kier alpha value is -3.39. The van der Waals surface area contributed by atoms with E-state index in [2.05, 4.69) is 27.3 Å². The van der Waals surface area contributed by atoms with Gasteiger partial charge in [-0.25, -0.2) is 9.97 Å². The van der Waals surface area contributed by atoms with Gasteiger partial charge >= 0.3 is 0 Å². The number of nitrogens with one attached hydrogen (secondary N) is 1. The SMILES string of the molecule is CC(N)C(=O)N1CCN(c2ccc(Nc3ncc4ccc(O)c(C5CCCC5)c4n3)cc2)CC1. The molecule has 1 aliphatic heterocycles. The van der Waals surface area contributed by atoms with Crippen molar-refractivity contribution in [1.29, 1.82) is 0 Å². The summed E-state index contributed by atoms with van der Waals surface area (Å²) in [6, 6.07) is 11.4. The van der Waals surface area contributed by atoms with Crippen LogP contribution in [0.2, 0.25) is 0 Å². The van der Waals surface area contributed by atoms with E-state index in [1.54, 1.807) is 13.0 Å². The molecule has 3 aromatic rings. The van der Waals surface area contributed by atoms with Gasteiger partial charge in [0.1, 0.15) is 5.75 Å². The number of aromatic hydroxyl groups is 1. The van der Waals surface area contributed by atoms with E-state index in [-0.39, 0.29) is 5.91 Å². The van der Waals surface area contributed by atoms with Crippen molar-refractivity contribution < 1.29 is 9.90 Å². The molecular formula is C26H32N6O2. The van der Waals surface area contributed by atoms with Crippen molar-refractivity contribution in [2.45, 2.75) is 44.6 Å². The fourth-order valence-electron chi connectivity index (χ4n) is 5.14. The van der Waals surface area contributed by atoms with Crippen LogP contribution in [0.15, 0.2) is 42.6 Å². The van der Waals surface area contributed by atoms with Gasteiger partial charge in [0.15, 0.2) is 0 Å². The molecule has 5 rings (SSSR count). The number of nitrogens with zero attached hydrogens (tertiary/aromatic N) is 4. The minimum Gasteiger partial charge on any atom is -0.508 e. The molecule has 8 heteroatoms. The van der Waals surface area contributed by atoms with Crippen LogP contribution in [0.5, 0.6) is 5.75 Å². The molecule has 2 aliphatic rings. The minimum atomic E-state index is -0.451. The lowest BCUT2D eigenvalue weighted by molar-refractivity contribution is -0.132. The molecule has 34 heavy (non-hydrogen) atoms. The number of carbonyl (C=O) groups is 1. The van der Waals surface area contributed by atoms with E-state index in [4.69, 9.17) is 10.7 Å². The van der Waals surface area contributed by atoms with Crippen LogP contribution in [0.3, 0.4) is 0 Å². The first-order chi connectivity index (χ1) is 16.5. The number of phenols is 1. The molecule has 0 spiro atoms. The van der Waals surface area contributed by atoms with Crippen molar-refractivity contribution in [3.8, 4) is 5.75 Å². The van der Waals surface area contributed by atoms with Crippen LogP contribution in [-0.4, -0.2) is 58.1 Å². The van der Waals surface area contributed by atoms with E-state index >= 15 is 0 Å². The third-order valence-corrected chi connectivity index (χ3v) is 7.00. The molecule has 2 fully saturated rings. The summed E-state index contributed by atoms with van der Waals surface area (Å²) in [6.07, 6.45) is 6.39. The van der Waals surface area contributed by atoms with Gasteiger partial charge < -0.3 is 26.0 Å². The van der Waals surface area contributed by atoms with Crippen LogP contribution >= 0.6 is 0 Å². The van der Waals surface area contributed by atoms with E-state index in [9.17, 15) is 9.90 Å². The van der Waals surface area contributed by atoms with E-state index in [1.165, 1.54) is 12.8 Å². The molecule has 0 radical (unpaired) electrons. The Bertz CT molecular complexity index is 1170. The standard InChI is InChI=1S/C26H32N6O2/c1-17(27)25(34)32-14-12-31(13-15-32)21-9-7-20(8-10-21)29-26-28-16-19-6-11-22(33)23(24(19)30-26)18-4-2-3-5-18/h6-11,16-18,33H,2-5,12-15,27H2,1H3,(H,28,29,30). The number of piperazine rings is 1. The molecule has 4 N–H and O–H groups in total. The first-order valence-electron chi connectivity index (χ1n) is 12.1. The van der Waals surface area contributed by atoms with Crippen LogP contribution in [0, 0.1) is 0 Å². The molecule has 1 unspecified atom stereocenters. The quantitative estimate of drug-likeness (QED) is 0.532. The van der Waals surface area contributed by atoms with Gasteiger partial charge in [0.05, 0.1) is 11.6 Å². The topological polar surface area (TPSA) is 108 Å². The van der Waals surface area contributed by atoms with E-state index in [0.717, 1.165) is 53.8 Å². The first kappa shape index (κ1) is 22.4. The van der Waals surface area contributed by atoms with Crippen molar-refractivity contribution in [3.63, 3.8) is 0 Å². The number of carbonyl (C=O) groups excluding carboxylic acids is 1. The number of amides is 1. The van der Waals surface area contributed by atoms with Crippen LogP contribution in [-0.2, 0) is 4.79 Å². The number of anilines is 3. The maximum atomic E-state index is 12.1. The molecule has 1 saturated heterocycles. The Labute approximate surface area is 199 Å². The number of aromatic nitrogens is 2. The van der Waals surface area contributed by atoms with Crippen molar-refractivity contribution in [3.05, 3.63) is 48.2 Å². The number of nitrogens with two attached hydrogens (primary N) is 1. The van der Waals surface area contributed by atoms with E-state index in [1.807, 2.05) is 29.3 Å². The zero-order valence-corrected chi connectivity index (χ0v) is 19.6. The van der Waals surface area contributed by atoms with E-state index < -0.39 is 6.04 Å². The first-order valence-corrected chi connectivity index (χ1v) is 12.1. The summed E-state index contributed by atoms with van der Waals surface area (Å²) in [4.78, 5) is 25.5. The highest BCUT2D eigenvalue weighted by molar-refractivity contribution is 5.85. The van der Waals surface area contributed by atoms with Crippen molar-refractivity contribution in [2.75, 3.05) is 36.4 Å². The second kappa shape index (κ2) is 9.46. The Kier molecular flexibility index (Phi) is 6.24. The van der Waals surface area contributed by atoms with Gasteiger partial charge in [-0.05, 0) is 62.1 Å². The Balaban J connectivity index is 1.29. The third kappa shape index (κ3) is 4.50. The summed E-state index contributed by atoms with van der Waals surface area (Å²) < 4.78 is 0. The van der Waals surface area contributed by atoms with Gasteiger partial charge in [0.2, 0.25) is 11.9 Å². The summed E-state index contributed by atoms with van der Waals surface area (Å²) in [5, 5.41) is 14.8. The average molecular weight is 461 g/mol. The number of fused-ring (bicyclic) bond motifs is 1. The van der Waals surface area contributed by atoms with Crippen molar-refractivity contribution >= 4 is 34.1 Å². The predicted octanol–water partition coefficient (Wildman–Crippen LogP) is 3.73. The zero-order valence-electron chi connectivity index (χ0n) is 19.6.